The minimum absolute atomic E-state index is 0.0419. The Bertz CT molecular complexity index is 823. The second-order valence-electron chi connectivity index (χ2n) is 13.3. The zero-order chi connectivity index (χ0) is 32.7. The quantitative estimate of drug-likeness (QED) is 0.0830. The van der Waals surface area contributed by atoms with Gasteiger partial charge in [-0.2, -0.15) is 0 Å². The summed E-state index contributed by atoms with van der Waals surface area (Å²) < 4.78 is 52.3. The molecular formula is C31H58B2O12. The zero-order valence-electron chi connectivity index (χ0n) is 28.2. The Morgan fingerprint density at radius 2 is 1.78 bits per heavy atom. The number of carboxylic acids is 1. The van der Waals surface area contributed by atoms with Crippen LogP contribution in [0.3, 0.4) is 0 Å². The Kier molecular flexibility index (Phi) is 17.6. The highest BCUT2D eigenvalue weighted by molar-refractivity contribution is 6.37. The first kappa shape index (κ1) is 38.6. The fraction of sp³-hybridized carbons (Fsp3) is 0.968. The SMILES string of the molecule is CCCCCC(OCC(COB1OCC(COB2OC(C)CC(C)(C)O2)O1)OC)C(O)CC1OC1CCCCCCCC(=O)O. The van der Waals surface area contributed by atoms with Crippen molar-refractivity contribution in [3.63, 3.8) is 0 Å². The molecule has 0 aromatic rings. The number of unbranched alkanes of at least 4 members (excludes halogenated alkanes) is 6. The molecule has 14 heteroatoms. The van der Waals surface area contributed by atoms with Gasteiger partial charge in [0.2, 0.25) is 0 Å². The van der Waals surface area contributed by atoms with E-state index in [1.54, 1.807) is 7.11 Å². The number of aliphatic hydroxyl groups is 1. The molecule has 3 heterocycles. The number of hydrogen-bond acceptors (Lipinski definition) is 11. The minimum atomic E-state index is -0.834. The van der Waals surface area contributed by atoms with Gasteiger partial charge in [-0.1, -0.05) is 51.9 Å². The van der Waals surface area contributed by atoms with Crippen molar-refractivity contribution in [2.45, 2.75) is 159 Å². The number of aliphatic carboxylic acids is 1. The van der Waals surface area contributed by atoms with Gasteiger partial charge in [0, 0.05) is 26.1 Å². The van der Waals surface area contributed by atoms with Gasteiger partial charge in [0.05, 0.1) is 62.5 Å². The molecule has 0 amide bonds. The number of ether oxygens (including phenoxy) is 3. The molecule has 0 bridgehead atoms. The van der Waals surface area contributed by atoms with E-state index >= 15 is 0 Å². The molecule has 260 valence electrons. The van der Waals surface area contributed by atoms with Crippen LogP contribution in [0.2, 0.25) is 0 Å². The van der Waals surface area contributed by atoms with E-state index in [2.05, 4.69) is 6.92 Å². The predicted molar refractivity (Wildman–Crippen MR) is 168 cm³/mol. The lowest BCUT2D eigenvalue weighted by Crippen LogP contribution is -2.48. The molecule has 7 unspecified atom stereocenters. The van der Waals surface area contributed by atoms with Gasteiger partial charge in [-0.3, -0.25) is 4.79 Å². The van der Waals surface area contributed by atoms with E-state index in [-0.39, 0.29) is 68.5 Å². The summed E-state index contributed by atoms with van der Waals surface area (Å²) in [6.45, 7) is 9.24. The van der Waals surface area contributed by atoms with E-state index < -0.39 is 26.7 Å². The van der Waals surface area contributed by atoms with Crippen LogP contribution in [0.4, 0.5) is 0 Å². The van der Waals surface area contributed by atoms with Crippen LogP contribution < -0.4 is 0 Å². The van der Waals surface area contributed by atoms with Crippen molar-refractivity contribution in [3.05, 3.63) is 0 Å². The van der Waals surface area contributed by atoms with E-state index in [1.807, 2.05) is 20.8 Å². The molecule has 3 aliphatic rings. The smallest absolute Gasteiger partial charge is 0.481 e. The third-order valence-corrected chi connectivity index (χ3v) is 8.49. The highest BCUT2D eigenvalue weighted by atomic mass is 16.8. The molecule has 0 radical (unpaired) electrons. The van der Waals surface area contributed by atoms with E-state index in [4.69, 9.17) is 47.2 Å². The molecule has 0 aliphatic carbocycles. The van der Waals surface area contributed by atoms with Gasteiger partial charge in [0.25, 0.3) is 0 Å². The third-order valence-electron chi connectivity index (χ3n) is 8.49. The fourth-order valence-corrected chi connectivity index (χ4v) is 5.89. The first-order valence-electron chi connectivity index (χ1n) is 17.1. The van der Waals surface area contributed by atoms with Crippen molar-refractivity contribution >= 4 is 20.6 Å². The van der Waals surface area contributed by atoms with Gasteiger partial charge in [0.1, 0.15) is 6.10 Å². The number of methoxy groups -OCH3 is 1. The first-order valence-corrected chi connectivity index (χ1v) is 17.1. The number of rotatable bonds is 25. The van der Waals surface area contributed by atoms with Crippen LogP contribution in [0.25, 0.3) is 0 Å². The van der Waals surface area contributed by atoms with Crippen molar-refractivity contribution in [3.8, 4) is 0 Å². The molecule has 3 rings (SSSR count). The molecule has 3 saturated heterocycles. The van der Waals surface area contributed by atoms with Gasteiger partial charge in [0.15, 0.2) is 0 Å². The van der Waals surface area contributed by atoms with Crippen molar-refractivity contribution in [1.29, 1.82) is 0 Å². The topological polar surface area (TPSA) is 144 Å². The minimum Gasteiger partial charge on any atom is -0.481 e. The van der Waals surface area contributed by atoms with Crippen molar-refractivity contribution < 1.29 is 57.1 Å². The lowest BCUT2D eigenvalue weighted by Gasteiger charge is -2.37. The Morgan fingerprint density at radius 3 is 2.51 bits per heavy atom. The summed E-state index contributed by atoms with van der Waals surface area (Å²) in [5.41, 5.74) is -0.315. The summed E-state index contributed by atoms with van der Waals surface area (Å²) >= 11 is 0. The van der Waals surface area contributed by atoms with Crippen LogP contribution in [0.15, 0.2) is 0 Å². The summed E-state index contributed by atoms with van der Waals surface area (Å²) in [7, 11) is 0.0295. The van der Waals surface area contributed by atoms with Crippen molar-refractivity contribution in [2.24, 2.45) is 0 Å². The molecule has 12 nitrogen and oxygen atoms in total. The molecule has 45 heavy (non-hydrogen) atoms. The van der Waals surface area contributed by atoms with Crippen LogP contribution in [-0.4, -0.2) is 113 Å². The lowest BCUT2D eigenvalue weighted by atomic mass is 9.95. The molecule has 0 spiro atoms. The molecular weight excluding hydrogens is 586 g/mol. The molecule has 0 aromatic heterocycles. The van der Waals surface area contributed by atoms with Crippen LogP contribution >= 0.6 is 0 Å². The lowest BCUT2D eigenvalue weighted by molar-refractivity contribution is -0.137. The average molecular weight is 644 g/mol. The number of aliphatic hydroxyl groups excluding tert-OH is 1. The standard InChI is InChI=1S/C31H58B2O12/c1-6-7-11-14-27(26(34)17-29-28(42-29)15-12-9-8-10-13-16-30(35)36)38-19-24(37-5)20-39-32-40-21-25(44-32)22-41-33-43-23(2)18-31(3,4)45-33/h23-29,34H,6-22H2,1-5H3,(H,35,36). The van der Waals surface area contributed by atoms with Gasteiger partial charge in [-0.25, -0.2) is 0 Å². The van der Waals surface area contributed by atoms with Gasteiger partial charge < -0.3 is 52.3 Å². The number of carboxylic acid groups (broad SMARTS) is 1. The maximum Gasteiger partial charge on any atom is 0.640 e. The molecule has 2 N–H and O–H groups in total. The molecule has 0 aromatic carbocycles. The van der Waals surface area contributed by atoms with Crippen LogP contribution in [0.5, 0.6) is 0 Å². The van der Waals surface area contributed by atoms with Gasteiger partial charge in [-0.05, 0) is 46.5 Å². The first-order chi connectivity index (χ1) is 21.6. The van der Waals surface area contributed by atoms with Gasteiger partial charge in [-0.15, -0.1) is 0 Å². The average Bonchev–Trinajstić information content (AvgIpc) is 3.54. The van der Waals surface area contributed by atoms with Crippen LogP contribution in [0.1, 0.15) is 111 Å². The predicted octanol–water partition coefficient (Wildman–Crippen LogP) is 4.32. The van der Waals surface area contributed by atoms with E-state index in [1.165, 1.54) is 0 Å². The maximum absolute atomic E-state index is 11.1. The normalized spacial score (nSPS) is 26.6. The summed E-state index contributed by atoms with van der Waals surface area (Å²) in [6.07, 6.45) is 10.0. The third kappa shape index (κ3) is 15.8. The largest absolute Gasteiger partial charge is 0.640 e. The molecule has 3 aliphatic heterocycles. The maximum atomic E-state index is 11.1. The number of hydrogen-bond donors (Lipinski definition) is 2. The second kappa shape index (κ2) is 20.5. The Balaban J connectivity index is 1.31. The Hall–Kier alpha value is -0.800. The Morgan fingerprint density at radius 1 is 1.00 bits per heavy atom. The summed E-state index contributed by atoms with van der Waals surface area (Å²) in [6, 6.07) is 0. The highest BCUT2D eigenvalue weighted by Gasteiger charge is 2.42. The van der Waals surface area contributed by atoms with Crippen LogP contribution in [-0.2, 0) is 46.9 Å². The van der Waals surface area contributed by atoms with Crippen molar-refractivity contribution in [2.75, 3.05) is 33.5 Å². The molecule has 0 saturated carbocycles. The molecule has 7 atom stereocenters. The van der Waals surface area contributed by atoms with Crippen molar-refractivity contribution in [1.82, 2.24) is 0 Å². The van der Waals surface area contributed by atoms with Gasteiger partial charge >= 0.3 is 20.6 Å². The van der Waals surface area contributed by atoms with E-state index in [0.29, 0.717) is 13.0 Å². The highest BCUT2D eigenvalue weighted by Crippen LogP contribution is 2.33. The number of epoxide rings is 1. The molecule has 3 fully saturated rings. The monoisotopic (exact) mass is 644 g/mol. The van der Waals surface area contributed by atoms with E-state index in [9.17, 15) is 9.90 Å². The second-order valence-corrected chi connectivity index (χ2v) is 13.3. The summed E-state index contributed by atoms with van der Waals surface area (Å²) in [4.78, 5) is 10.6. The van der Waals surface area contributed by atoms with Crippen LogP contribution in [0, 0.1) is 0 Å². The number of carbonyl (C=O) groups is 1. The fourth-order valence-electron chi connectivity index (χ4n) is 5.89. The summed E-state index contributed by atoms with van der Waals surface area (Å²) in [5, 5.41) is 19.8. The zero-order valence-corrected chi connectivity index (χ0v) is 28.2. The van der Waals surface area contributed by atoms with E-state index in [0.717, 1.165) is 70.6 Å². The Labute approximate surface area is 270 Å². The summed E-state index contributed by atoms with van der Waals surface area (Å²) in [5.74, 6) is -0.726.